The number of carbonyl (C=O) groups excluding carboxylic acids is 1. The molecule has 1 heterocycles. The lowest BCUT2D eigenvalue weighted by Crippen LogP contribution is -2.49. The summed E-state index contributed by atoms with van der Waals surface area (Å²) >= 11 is 0. The highest BCUT2D eigenvalue weighted by Gasteiger charge is 2.30. The van der Waals surface area contributed by atoms with E-state index in [1.54, 1.807) is 0 Å². The molecule has 1 amide bonds. The molecular weight excluding hydrogens is 206 g/mol. The van der Waals surface area contributed by atoms with E-state index in [1.165, 1.54) is 0 Å². The normalized spacial score (nSPS) is 22.5. The number of hydrogen-bond donors (Lipinski definition) is 3. The van der Waals surface area contributed by atoms with Crippen molar-refractivity contribution in [1.82, 2.24) is 10.6 Å². The van der Waals surface area contributed by atoms with E-state index in [-0.39, 0.29) is 6.04 Å². The molecule has 0 radical (unpaired) electrons. The van der Waals surface area contributed by atoms with Crippen LogP contribution < -0.4 is 10.6 Å². The van der Waals surface area contributed by atoms with Crippen LogP contribution in [-0.2, 0) is 4.79 Å². The summed E-state index contributed by atoms with van der Waals surface area (Å²) in [6.45, 7) is -1.31. The fraction of sp³-hybridized carbons (Fsp3) is 0.889. The van der Waals surface area contributed by atoms with Crippen molar-refractivity contribution in [3.05, 3.63) is 0 Å². The van der Waals surface area contributed by atoms with E-state index in [1.807, 2.05) is 0 Å². The van der Waals surface area contributed by atoms with Gasteiger partial charge in [0, 0.05) is 0 Å². The van der Waals surface area contributed by atoms with Crippen LogP contribution in [0.4, 0.5) is 8.78 Å². The maximum absolute atomic E-state index is 12.6. The Balaban J connectivity index is 2.28. The molecule has 6 heteroatoms. The molecule has 88 valence electrons. The largest absolute Gasteiger partial charge is 0.390 e. The Morgan fingerprint density at radius 3 is 2.80 bits per heavy atom. The molecule has 1 aliphatic heterocycles. The second-order valence-corrected chi connectivity index (χ2v) is 3.73. The van der Waals surface area contributed by atoms with Crippen molar-refractivity contribution in [1.29, 1.82) is 0 Å². The van der Waals surface area contributed by atoms with Crippen LogP contribution in [0.25, 0.3) is 0 Å². The minimum Gasteiger partial charge on any atom is -0.390 e. The lowest BCUT2D eigenvalue weighted by Gasteiger charge is -2.23. The van der Waals surface area contributed by atoms with Gasteiger partial charge in [0.2, 0.25) is 5.91 Å². The summed E-state index contributed by atoms with van der Waals surface area (Å²) in [6.07, 6.45) is 2.62. The Morgan fingerprint density at radius 1 is 1.53 bits per heavy atom. The second-order valence-electron chi connectivity index (χ2n) is 3.73. The van der Waals surface area contributed by atoms with Gasteiger partial charge in [0.1, 0.15) is 6.61 Å². The Kier molecular flexibility index (Phi) is 4.41. The number of carbonyl (C=O) groups is 1. The highest BCUT2D eigenvalue weighted by atomic mass is 19.3. The predicted molar refractivity (Wildman–Crippen MR) is 50.7 cm³/mol. The summed E-state index contributed by atoms with van der Waals surface area (Å²) in [5, 5.41) is 13.4. The van der Waals surface area contributed by atoms with Crippen molar-refractivity contribution in [2.75, 3.05) is 19.7 Å². The molecule has 1 fully saturated rings. The summed E-state index contributed by atoms with van der Waals surface area (Å²) in [4.78, 5) is 11.4. The highest BCUT2D eigenvalue weighted by molar-refractivity contribution is 5.81. The number of hydrogen-bond acceptors (Lipinski definition) is 3. The summed E-state index contributed by atoms with van der Waals surface area (Å²) in [7, 11) is 0. The molecule has 4 nitrogen and oxygen atoms in total. The number of nitrogens with one attached hydrogen (secondary N) is 2. The first-order valence-corrected chi connectivity index (χ1v) is 5.05. The van der Waals surface area contributed by atoms with Crippen molar-refractivity contribution in [3.8, 4) is 0 Å². The van der Waals surface area contributed by atoms with Gasteiger partial charge < -0.3 is 15.7 Å². The minimum atomic E-state index is -3.23. The molecule has 1 atom stereocenters. The lowest BCUT2D eigenvalue weighted by molar-refractivity contribution is -0.126. The van der Waals surface area contributed by atoms with Crippen molar-refractivity contribution in [2.45, 2.75) is 31.2 Å². The highest BCUT2D eigenvalue weighted by Crippen LogP contribution is 2.11. The van der Waals surface area contributed by atoms with Gasteiger partial charge in [0.25, 0.3) is 5.92 Å². The van der Waals surface area contributed by atoms with Crippen LogP contribution in [0.5, 0.6) is 0 Å². The van der Waals surface area contributed by atoms with Gasteiger partial charge in [-0.05, 0) is 19.4 Å². The Hall–Kier alpha value is -0.750. The monoisotopic (exact) mass is 222 g/mol. The van der Waals surface area contributed by atoms with Crippen LogP contribution in [0.3, 0.4) is 0 Å². The molecule has 1 rings (SSSR count). The molecule has 0 aromatic rings. The number of aliphatic hydroxyl groups excluding tert-OH is 1. The first-order valence-electron chi connectivity index (χ1n) is 5.05. The Morgan fingerprint density at radius 2 is 2.27 bits per heavy atom. The van der Waals surface area contributed by atoms with E-state index < -0.39 is 25.0 Å². The van der Waals surface area contributed by atoms with Gasteiger partial charge >= 0.3 is 0 Å². The van der Waals surface area contributed by atoms with Crippen LogP contribution >= 0.6 is 0 Å². The van der Waals surface area contributed by atoms with E-state index in [2.05, 4.69) is 10.6 Å². The van der Waals surface area contributed by atoms with Crippen LogP contribution in [0.15, 0.2) is 0 Å². The van der Waals surface area contributed by atoms with Crippen LogP contribution in [-0.4, -0.2) is 42.7 Å². The van der Waals surface area contributed by atoms with Crippen LogP contribution in [0, 0.1) is 0 Å². The van der Waals surface area contributed by atoms with Crippen LogP contribution in [0.1, 0.15) is 19.3 Å². The number of aliphatic hydroxyl groups is 1. The first-order chi connectivity index (χ1) is 7.05. The summed E-state index contributed by atoms with van der Waals surface area (Å²) in [5.41, 5.74) is 0. The lowest BCUT2D eigenvalue weighted by atomic mass is 10.0. The summed E-state index contributed by atoms with van der Waals surface area (Å²) in [6, 6.07) is -0.367. The van der Waals surface area contributed by atoms with E-state index in [0.29, 0.717) is 6.42 Å². The third-order valence-electron chi connectivity index (χ3n) is 2.38. The number of halogens is 2. The van der Waals surface area contributed by atoms with Crippen molar-refractivity contribution >= 4 is 5.91 Å². The van der Waals surface area contributed by atoms with Gasteiger partial charge in [-0.15, -0.1) is 0 Å². The third kappa shape index (κ3) is 4.09. The minimum absolute atomic E-state index is 0.367. The van der Waals surface area contributed by atoms with E-state index in [0.717, 1.165) is 19.4 Å². The molecule has 3 N–H and O–H groups in total. The van der Waals surface area contributed by atoms with E-state index >= 15 is 0 Å². The molecule has 1 aliphatic rings. The smallest absolute Gasteiger partial charge is 0.287 e. The zero-order chi connectivity index (χ0) is 11.3. The molecule has 0 aromatic heterocycles. The molecule has 0 aliphatic carbocycles. The summed E-state index contributed by atoms with van der Waals surface area (Å²) in [5.74, 6) is -3.65. The molecule has 0 spiro atoms. The zero-order valence-electron chi connectivity index (χ0n) is 8.43. The SMILES string of the molecule is O=C(NCC(F)(F)CO)C1CCCCN1. The zero-order valence-corrected chi connectivity index (χ0v) is 8.43. The van der Waals surface area contributed by atoms with Crippen LogP contribution in [0.2, 0.25) is 0 Å². The van der Waals surface area contributed by atoms with E-state index in [4.69, 9.17) is 5.11 Å². The topological polar surface area (TPSA) is 61.4 Å². The molecule has 0 saturated carbocycles. The fourth-order valence-corrected chi connectivity index (χ4v) is 1.47. The fourth-order valence-electron chi connectivity index (χ4n) is 1.47. The predicted octanol–water partition coefficient (Wildman–Crippen LogP) is -0.128. The maximum Gasteiger partial charge on any atom is 0.287 e. The molecule has 0 bridgehead atoms. The third-order valence-corrected chi connectivity index (χ3v) is 2.38. The number of rotatable bonds is 4. The maximum atomic E-state index is 12.6. The van der Waals surface area contributed by atoms with Crippen molar-refractivity contribution in [2.24, 2.45) is 0 Å². The molecule has 15 heavy (non-hydrogen) atoms. The van der Waals surface area contributed by atoms with Gasteiger partial charge in [-0.3, -0.25) is 4.79 Å². The number of alkyl halides is 2. The second kappa shape index (κ2) is 5.37. The average Bonchev–Trinajstić information content (AvgIpc) is 2.27. The average molecular weight is 222 g/mol. The Bertz CT molecular complexity index is 218. The number of piperidine rings is 1. The molecule has 0 aromatic carbocycles. The van der Waals surface area contributed by atoms with E-state index in [9.17, 15) is 13.6 Å². The van der Waals surface area contributed by atoms with Gasteiger partial charge in [-0.2, -0.15) is 0 Å². The molecular formula is C9H16F2N2O2. The van der Waals surface area contributed by atoms with Gasteiger partial charge in [-0.25, -0.2) is 8.78 Å². The first kappa shape index (κ1) is 12.3. The van der Waals surface area contributed by atoms with Crippen molar-refractivity contribution in [3.63, 3.8) is 0 Å². The number of amides is 1. The molecule has 1 saturated heterocycles. The quantitative estimate of drug-likeness (QED) is 0.621. The van der Waals surface area contributed by atoms with Gasteiger partial charge in [0.15, 0.2) is 0 Å². The summed E-state index contributed by atoms with van der Waals surface area (Å²) < 4.78 is 25.2. The van der Waals surface area contributed by atoms with Gasteiger partial charge in [-0.1, -0.05) is 6.42 Å². The van der Waals surface area contributed by atoms with Crippen molar-refractivity contribution < 1.29 is 18.7 Å². The Labute approximate surface area is 87.0 Å². The van der Waals surface area contributed by atoms with Gasteiger partial charge in [0.05, 0.1) is 12.6 Å². The molecule has 1 unspecified atom stereocenters. The standard InChI is InChI=1S/C9H16F2N2O2/c10-9(11,6-14)5-13-8(15)7-3-1-2-4-12-7/h7,12,14H,1-6H2,(H,13,15).